The van der Waals surface area contributed by atoms with Gasteiger partial charge >= 0.3 is 0 Å². The molecular formula is C17H30N2O. The minimum atomic E-state index is 0.514. The Morgan fingerprint density at radius 1 is 1.00 bits per heavy atom. The maximum atomic E-state index is 11.8. The van der Waals surface area contributed by atoms with Crippen molar-refractivity contribution in [3.63, 3.8) is 0 Å². The molecule has 3 atom stereocenters. The standard InChI is InChI=1S/C17H30N2O/c1-14-6-2-3-9-18(14)10-5-11-19-15-7-4-8-16(19)13-17(20)12-15/h14-16H,2-13H2,1H3. The number of carbonyl (C=O) groups is 1. The molecule has 0 spiro atoms. The van der Waals surface area contributed by atoms with Crippen LogP contribution in [0.2, 0.25) is 0 Å². The Kier molecular flexibility index (Phi) is 4.77. The Labute approximate surface area is 123 Å². The monoisotopic (exact) mass is 278 g/mol. The summed E-state index contributed by atoms with van der Waals surface area (Å²) in [6.45, 7) is 6.15. The summed E-state index contributed by atoms with van der Waals surface area (Å²) in [5.41, 5.74) is 0. The van der Waals surface area contributed by atoms with Crippen LogP contribution in [0.5, 0.6) is 0 Å². The summed E-state index contributed by atoms with van der Waals surface area (Å²) in [5, 5.41) is 0. The summed E-state index contributed by atoms with van der Waals surface area (Å²) in [4.78, 5) is 17.1. The molecule has 3 rings (SSSR count). The van der Waals surface area contributed by atoms with E-state index in [4.69, 9.17) is 0 Å². The molecule has 0 aromatic carbocycles. The van der Waals surface area contributed by atoms with E-state index in [1.807, 2.05) is 0 Å². The summed E-state index contributed by atoms with van der Waals surface area (Å²) in [7, 11) is 0. The van der Waals surface area contributed by atoms with Crippen molar-refractivity contribution in [1.82, 2.24) is 9.80 Å². The van der Waals surface area contributed by atoms with Crippen molar-refractivity contribution < 1.29 is 4.79 Å². The van der Waals surface area contributed by atoms with E-state index in [1.54, 1.807) is 0 Å². The topological polar surface area (TPSA) is 23.6 Å². The Morgan fingerprint density at radius 3 is 2.45 bits per heavy atom. The van der Waals surface area contributed by atoms with Gasteiger partial charge in [-0.25, -0.2) is 0 Å². The molecule has 20 heavy (non-hydrogen) atoms. The second-order valence-corrected chi connectivity index (χ2v) is 7.16. The van der Waals surface area contributed by atoms with Crippen LogP contribution >= 0.6 is 0 Å². The Balaban J connectivity index is 1.47. The second kappa shape index (κ2) is 6.57. The van der Waals surface area contributed by atoms with Crippen LogP contribution < -0.4 is 0 Å². The van der Waals surface area contributed by atoms with E-state index < -0.39 is 0 Å². The molecule has 0 aliphatic carbocycles. The van der Waals surface area contributed by atoms with E-state index in [1.165, 1.54) is 64.6 Å². The highest BCUT2D eigenvalue weighted by molar-refractivity contribution is 5.80. The molecule has 0 aromatic rings. The molecule has 0 aromatic heterocycles. The van der Waals surface area contributed by atoms with Crippen LogP contribution in [0.1, 0.15) is 64.7 Å². The third-order valence-electron chi connectivity index (χ3n) is 5.74. The molecule has 0 saturated carbocycles. The molecule has 3 heterocycles. The fourth-order valence-electron chi connectivity index (χ4n) is 4.58. The lowest BCUT2D eigenvalue weighted by atomic mass is 9.83. The molecule has 3 nitrogen and oxygen atoms in total. The predicted octanol–water partition coefficient (Wildman–Crippen LogP) is 2.84. The Bertz CT molecular complexity index is 328. The van der Waals surface area contributed by atoms with Crippen molar-refractivity contribution >= 4 is 5.78 Å². The van der Waals surface area contributed by atoms with Gasteiger partial charge in [0.25, 0.3) is 0 Å². The fraction of sp³-hybridized carbons (Fsp3) is 0.941. The van der Waals surface area contributed by atoms with E-state index >= 15 is 0 Å². The first-order chi connectivity index (χ1) is 9.74. The SMILES string of the molecule is CC1CCCCN1CCCN1C2CCCC1CC(=O)C2. The van der Waals surface area contributed by atoms with Gasteiger partial charge < -0.3 is 4.90 Å². The van der Waals surface area contributed by atoms with Crippen molar-refractivity contribution in [3.05, 3.63) is 0 Å². The van der Waals surface area contributed by atoms with Crippen LogP contribution in [-0.2, 0) is 4.79 Å². The van der Waals surface area contributed by atoms with Gasteiger partial charge in [0.2, 0.25) is 0 Å². The van der Waals surface area contributed by atoms with Gasteiger partial charge in [0, 0.05) is 31.0 Å². The molecule has 3 heteroatoms. The molecule has 3 saturated heterocycles. The third-order valence-corrected chi connectivity index (χ3v) is 5.74. The normalized spacial score (nSPS) is 36.2. The summed E-state index contributed by atoms with van der Waals surface area (Å²) in [5.74, 6) is 0.514. The van der Waals surface area contributed by atoms with Crippen LogP contribution in [0.15, 0.2) is 0 Å². The highest BCUT2D eigenvalue weighted by Crippen LogP contribution is 2.32. The van der Waals surface area contributed by atoms with Crippen LogP contribution in [0.4, 0.5) is 0 Å². The van der Waals surface area contributed by atoms with Crippen molar-refractivity contribution in [2.45, 2.75) is 82.8 Å². The average Bonchev–Trinajstić information content (AvgIpc) is 2.41. The molecule has 0 radical (unpaired) electrons. The first-order valence-electron chi connectivity index (χ1n) is 8.75. The maximum absolute atomic E-state index is 11.8. The summed E-state index contributed by atoms with van der Waals surface area (Å²) in [6, 6.07) is 1.94. The highest BCUT2D eigenvalue weighted by atomic mass is 16.1. The lowest BCUT2D eigenvalue weighted by Crippen LogP contribution is -2.53. The number of piperidine rings is 3. The van der Waals surface area contributed by atoms with E-state index in [0.29, 0.717) is 17.9 Å². The minimum absolute atomic E-state index is 0.514. The van der Waals surface area contributed by atoms with Gasteiger partial charge in [-0.05, 0) is 58.7 Å². The fourth-order valence-corrected chi connectivity index (χ4v) is 4.58. The first-order valence-corrected chi connectivity index (χ1v) is 8.75. The van der Waals surface area contributed by atoms with Crippen molar-refractivity contribution in [3.8, 4) is 0 Å². The average molecular weight is 278 g/mol. The third kappa shape index (κ3) is 3.25. The molecule has 3 unspecified atom stereocenters. The number of fused-ring (bicyclic) bond motifs is 2. The Morgan fingerprint density at radius 2 is 1.75 bits per heavy atom. The number of carbonyl (C=O) groups excluding carboxylic acids is 1. The van der Waals surface area contributed by atoms with Gasteiger partial charge in [-0.1, -0.05) is 12.8 Å². The van der Waals surface area contributed by atoms with E-state index in [2.05, 4.69) is 16.7 Å². The number of hydrogen-bond donors (Lipinski definition) is 0. The molecule has 3 aliphatic heterocycles. The van der Waals surface area contributed by atoms with Gasteiger partial charge in [-0.3, -0.25) is 9.69 Å². The highest BCUT2D eigenvalue weighted by Gasteiger charge is 2.36. The lowest BCUT2D eigenvalue weighted by molar-refractivity contribution is -0.127. The van der Waals surface area contributed by atoms with Gasteiger partial charge in [0.15, 0.2) is 0 Å². The largest absolute Gasteiger partial charge is 0.301 e. The van der Waals surface area contributed by atoms with Crippen molar-refractivity contribution in [2.75, 3.05) is 19.6 Å². The number of rotatable bonds is 4. The van der Waals surface area contributed by atoms with Gasteiger partial charge in [0.05, 0.1) is 0 Å². The lowest BCUT2D eigenvalue weighted by Gasteiger charge is -2.46. The zero-order chi connectivity index (χ0) is 13.9. The molecule has 2 bridgehead atoms. The zero-order valence-corrected chi connectivity index (χ0v) is 13.0. The quantitative estimate of drug-likeness (QED) is 0.790. The predicted molar refractivity (Wildman–Crippen MR) is 81.9 cm³/mol. The van der Waals surface area contributed by atoms with E-state index in [-0.39, 0.29) is 0 Å². The van der Waals surface area contributed by atoms with Crippen molar-refractivity contribution in [2.24, 2.45) is 0 Å². The summed E-state index contributed by atoms with van der Waals surface area (Å²) in [6.07, 6.45) is 11.0. The van der Waals surface area contributed by atoms with Crippen LogP contribution in [0, 0.1) is 0 Å². The van der Waals surface area contributed by atoms with Gasteiger partial charge in [-0.15, -0.1) is 0 Å². The van der Waals surface area contributed by atoms with Crippen molar-refractivity contribution in [1.29, 1.82) is 0 Å². The van der Waals surface area contributed by atoms with Crippen LogP contribution in [0.3, 0.4) is 0 Å². The van der Waals surface area contributed by atoms with Gasteiger partial charge in [0.1, 0.15) is 5.78 Å². The smallest absolute Gasteiger partial charge is 0.136 e. The Hall–Kier alpha value is -0.410. The number of nitrogens with zero attached hydrogens (tertiary/aromatic N) is 2. The maximum Gasteiger partial charge on any atom is 0.136 e. The summed E-state index contributed by atoms with van der Waals surface area (Å²) >= 11 is 0. The van der Waals surface area contributed by atoms with Crippen LogP contribution in [-0.4, -0.2) is 53.3 Å². The number of likely N-dealkylation sites (tertiary alicyclic amines) is 1. The number of Topliss-reactive ketones (excluding diaryl/α,β-unsaturated/α-hetero) is 1. The van der Waals surface area contributed by atoms with Gasteiger partial charge in [-0.2, -0.15) is 0 Å². The molecular weight excluding hydrogens is 248 g/mol. The second-order valence-electron chi connectivity index (χ2n) is 7.16. The van der Waals surface area contributed by atoms with Crippen LogP contribution in [0.25, 0.3) is 0 Å². The molecule has 114 valence electrons. The first kappa shape index (κ1) is 14.5. The number of ketones is 1. The number of hydrogen-bond acceptors (Lipinski definition) is 3. The molecule has 3 fully saturated rings. The zero-order valence-electron chi connectivity index (χ0n) is 13.0. The summed E-state index contributed by atoms with van der Waals surface area (Å²) < 4.78 is 0. The molecule has 0 amide bonds. The minimum Gasteiger partial charge on any atom is -0.301 e. The molecule has 3 aliphatic rings. The van der Waals surface area contributed by atoms with E-state index in [0.717, 1.165) is 18.9 Å². The molecule has 0 N–H and O–H groups in total. The van der Waals surface area contributed by atoms with E-state index in [9.17, 15) is 4.79 Å².